The lowest BCUT2D eigenvalue weighted by Crippen LogP contribution is -2.50. The Balaban J connectivity index is 1.51. The van der Waals surface area contributed by atoms with Gasteiger partial charge in [0.2, 0.25) is 5.91 Å². The SMILES string of the molecule is CCCc1cc(C(=O)NC(Cc2ccccc2)C(O)CNC2CCCCC2)cc(N2CCCC2=O)c1. The predicted molar refractivity (Wildman–Crippen MR) is 144 cm³/mol. The molecule has 0 bridgehead atoms. The van der Waals surface area contributed by atoms with Crippen LogP contribution in [0.15, 0.2) is 48.5 Å². The van der Waals surface area contributed by atoms with E-state index in [9.17, 15) is 14.7 Å². The second-order valence-corrected chi connectivity index (χ2v) is 10.4. The number of hydrogen-bond acceptors (Lipinski definition) is 4. The van der Waals surface area contributed by atoms with Crippen LogP contribution in [0.2, 0.25) is 0 Å². The topological polar surface area (TPSA) is 81.7 Å². The average molecular weight is 492 g/mol. The lowest BCUT2D eigenvalue weighted by Gasteiger charge is -2.28. The van der Waals surface area contributed by atoms with Crippen LogP contribution in [-0.2, 0) is 17.6 Å². The van der Waals surface area contributed by atoms with Gasteiger partial charge in [-0.15, -0.1) is 0 Å². The number of carbonyl (C=O) groups excluding carboxylic acids is 2. The average Bonchev–Trinajstić information content (AvgIpc) is 3.34. The first-order valence-corrected chi connectivity index (χ1v) is 13.7. The third-order valence-corrected chi connectivity index (χ3v) is 7.46. The first-order chi connectivity index (χ1) is 17.5. The molecule has 2 aliphatic rings. The van der Waals surface area contributed by atoms with E-state index in [4.69, 9.17) is 0 Å². The molecule has 2 aromatic carbocycles. The number of hydrogen-bond donors (Lipinski definition) is 3. The standard InChI is InChI=1S/C30H41N3O3/c1-2-10-23-17-24(20-26(18-23)33-16-9-15-29(33)35)30(36)32-27(19-22-11-5-3-6-12-22)28(34)21-31-25-13-7-4-8-14-25/h3,5-6,11-12,17-18,20,25,27-28,31,34H,2,4,7-10,13-16,19,21H2,1H3,(H,32,36). The Morgan fingerprint density at radius 3 is 2.53 bits per heavy atom. The summed E-state index contributed by atoms with van der Waals surface area (Å²) in [4.78, 5) is 27.7. The highest BCUT2D eigenvalue weighted by molar-refractivity contribution is 5.99. The maximum Gasteiger partial charge on any atom is 0.251 e. The maximum atomic E-state index is 13.5. The minimum Gasteiger partial charge on any atom is -0.390 e. The normalized spacial score (nSPS) is 18.3. The van der Waals surface area contributed by atoms with Crippen molar-refractivity contribution in [3.8, 4) is 0 Å². The summed E-state index contributed by atoms with van der Waals surface area (Å²) in [6.45, 7) is 3.25. The summed E-state index contributed by atoms with van der Waals surface area (Å²) in [5.74, 6) is -0.0975. The zero-order valence-corrected chi connectivity index (χ0v) is 21.5. The lowest BCUT2D eigenvalue weighted by molar-refractivity contribution is -0.117. The van der Waals surface area contributed by atoms with Crippen LogP contribution in [0.4, 0.5) is 5.69 Å². The van der Waals surface area contributed by atoms with Crippen molar-refractivity contribution in [3.05, 3.63) is 65.2 Å². The van der Waals surface area contributed by atoms with E-state index in [0.29, 0.717) is 37.5 Å². The Morgan fingerprint density at radius 1 is 1.06 bits per heavy atom. The Labute approximate surface area is 215 Å². The number of nitrogens with zero attached hydrogens (tertiary/aromatic N) is 1. The van der Waals surface area contributed by atoms with Gasteiger partial charge in [-0.25, -0.2) is 0 Å². The summed E-state index contributed by atoms with van der Waals surface area (Å²) in [7, 11) is 0. The van der Waals surface area contributed by atoms with Crippen LogP contribution in [0.1, 0.15) is 79.8 Å². The zero-order valence-electron chi connectivity index (χ0n) is 21.5. The predicted octanol–water partition coefficient (Wildman–Crippen LogP) is 4.39. The van der Waals surface area contributed by atoms with Crippen LogP contribution in [-0.4, -0.2) is 48.2 Å². The Morgan fingerprint density at radius 2 is 1.83 bits per heavy atom. The third kappa shape index (κ3) is 7.17. The molecule has 194 valence electrons. The summed E-state index contributed by atoms with van der Waals surface area (Å²) in [6, 6.07) is 15.8. The van der Waals surface area contributed by atoms with Gasteiger partial charge in [0.25, 0.3) is 5.91 Å². The molecule has 3 N–H and O–H groups in total. The summed E-state index contributed by atoms with van der Waals surface area (Å²) in [5.41, 5.74) is 3.47. The van der Waals surface area contributed by atoms with Gasteiger partial charge in [0.1, 0.15) is 0 Å². The number of anilines is 1. The largest absolute Gasteiger partial charge is 0.390 e. The van der Waals surface area contributed by atoms with Crippen molar-refractivity contribution < 1.29 is 14.7 Å². The summed E-state index contributed by atoms with van der Waals surface area (Å²) < 4.78 is 0. The first kappa shape index (κ1) is 26.4. The highest BCUT2D eigenvalue weighted by Crippen LogP contribution is 2.25. The maximum absolute atomic E-state index is 13.5. The Kier molecular flexibility index (Phi) is 9.54. The van der Waals surface area contributed by atoms with Crippen LogP contribution in [0.5, 0.6) is 0 Å². The number of benzene rings is 2. The van der Waals surface area contributed by atoms with E-state index < -0.39 is 12.1 Å². The molecule has 0 radical (unpaired) electrons. The van der Waals surface area contributed by atoms with Gasteiger partial charge in [0, 0.05) is 36.8 Å². The van der Waals surface area contributed by atoms with Crippen LogP contribution in [0, 0.1) is 0 Å². The Hall–Kier alpha value is -2.70. The molecular weight excluding hydrogens is 450 g/mol. The van der Waals surface area contributed by atoms with E-state index in [1.165, 1.54) is 19.3 Å². The molecule has 6 nitrogen and oxygen atoms in total. The summed E-state index contributed by atoms with van der Waals surface area (Å²) >= 11 is 0. The first-order valence-electron chi connectivity index (χ1n) is 13.7. The molecule has 1 saturated carbocycles. The van der Waals surface area contributed by atoms with E-state index in [0.717, 1.165) is 48.9 Å². The van der Waals surface area contributed by atoms with Crippen molar-refractivity contribution in [1.82, 2.24) is 10.6 Å². The molecule has 4 rings (SSSR count). The lowest BCUT2D eigenvalue weighted by atomic mass is 9.94. The summed E-state index contributed by atoms with van der Waals surface area (Å²) in [5, 5.41) is 17.8. The molecular formula is C30H41N3O3. The second-order valence-electron chi connectivity index (χ2n) is 10.4. The highest BCUT2D eigenvalue weighted by atomic mass is 16.3. The molecule has 2 unspecified atom stereocenters. The van der Waals surface area contributed by atoms with Gasteiger partial charge in [0.15, 0.2) is 0 Å². The number of aliphatic hydroxyl groups is 1. The molecule has 36 heavy (non-hydrogen) atoms. The molecule has 2 fully saturated rings. The van der Waals surface area contributed by atoms with E-state index in [1.807, 2.05) is 48.5 Å². The molecule has 6 heteroatoms. The van der Waals surface area contributed by atoms with Crippen molar-refractivity contribution in [1.29, 1.82) is 0 Å². The van der Waals surface area contributed by atoms with Gasteiger partial charge in [-0.3, -0.25) is 9.59 Å². The molecule has 1 heterocycles. The molecule has 0 aromatic heterocycles. The van der Waals surface area contributed by atoms with Crippen molar-refractivity contribution in [3.63, 3.8) is 0 Å². The van der Waals surface area contributed by atoms with Crippen molar-refractivity contribution in [2.75, 3.05) is 18.0 Å². The van der Waals surface area contributed by atoms with Crippen molar-refractivity contribution in [2.24, 2.45) is 0 Å². The van der Waals surface area contributed by atoms with Gasteiger partial charge in [0.05, 0.1) is 12.1 Å². The van der Waals surface area contributed by atoms with E-state index >= 15 is 0 Å². The monoisotopic (exact) mass is 491 g/mol. The number of rotatable bonds is 11. The number of aliphatic hydroxyl groups excluding tert-OH is 1. The molecule has 1 aliphatic heterocycles. The fourth-order valence-corrected chi connectivity index (χ4v) is 5.45. The van der Waals surface area contributed by atoms with Crippen LogP contribution in [0.25, 0.3) is 0 Å². The molecule has 0 spiro atoms. The second kappa shape index (κ2) is 13.0. The molecule has 1 aliphatic carbocycles. The summed E-state index contributed by atoms with van der Waals surface area (Å²) in [6.07, 6.45) is 9.07. The van der Waals surface area contributed by atoms with Gasteiger partial charge < -0.3 is 20.6 Å². The van der Waals surface area contributed by atoms with Gasteiger partial charge in [-0.05, 0) is 61.4 Å². The number of aryl methyl sites for hydroxylation is 1. The molecule has 1 saturated heterocycles. The fourth-order valence-electron chi connectivity index (χ4n) is 5.45. The molecule has 2 amide bonds. The smallest absolute Gasteiger partial charge is 0.251 e. The fraction of sp³-hybridized carbons (Fsp3) is 0.533. The van der Waals surface area contributed by atoms with Crippen LogP contribution < -0.4 is 15.5 Å². The number of carbonyl (C=O) groups is 2. The van der Waals surface area contributed by atoms with Gasteiger partial charge in [-0.1, -0.05) is 62.9 Å². The van der Waals surface area contributed by atoms with E-state index in [1.54, 1.807) is 4.90 Å². The van der Waals surface area contributed by atoms with E-state index in [2.05, 4.69) is 17.6 Å². The van der Waals surface area contributed by atoms with Crippen LogP contribution in [0.3, 0.4) is 0 Å². The van der Waals surface area contributed by atoms with Crippen LogP contribution >= 0.6 is 0 Å². The van der Waals surface area contributed by atoms with Gasteiger partial charge >= 0.3 is 0 Å². The van der Waals surface area contributed by atoms with E-state index in [-0.39, 0.29) is 11.8 Å². The Bertz CT molecular complexity index is 1000. The third-order valence-electron chi connectivity index (χ3n) is 7.46. The van der Waals surface area contributed by atoms with Crippen molar-refractivity contribution >= 4 is 17.5 Å². The molecule has 2 atom stereocenters. The highest BCUT2D eigenvalue weighted by Gasteiger charge is 2.26. The minimum absolute atomic E-state index is 0.112. The number of amides is 2. The van der Waals surface area contributed by atoms with Crippen molar-refractivity contribution in [2.45, 2.75) is 89.3 Å². The minimum atomic E-state index is -0.713. The zero-order chi connectivity index (χ0) is 25.3. The quantitative estimate of drug-likeness (QED) is 0.435. The molecule has 2 aromatic rings. The van der Waals surface area contributed by atoms with Gasteiger partial charge in [-0.2, -0.15) is 0 Å². The number of nitrogens with one attached hydrogen (secondary N) is 2.